The summed E-state index contributed by atoms with van der Waals surface area (Å²) in [5.74, 6) is 0. The maximum absolute atomic E-state index is 5.40. The van der Waals surface area contributed by atoms with E-state index in [1.807, 2.05) is 56.6 Å². The van der Waals surface area contributed by atoms with Crippen LogP contribution in [0.15, 0.2) is 44.7 Å². The molecule has 1 rings (SSSR count). The van der Waals surface area contributed by atoms with Crippen LogP contribution in [0.1, 0.15) is 52.7 Å². The third-order valence-electron chi connectivity index (χ3n) is 4.57. The molecule has 1 aromatic carbocycles. The molecule has 30 heavy (non-hydrogen) atoms. The molecule has 0 N–H and O–H groups in total. The second kappa shape index (κ2) is 15.3. The van der Waals surface area contributed by atoms with E-state index in [9.17, 15) is 0 Å². The zero-order valence-corrected chi connectivity index (χ0v) is 21.2. The van der Waals surface area contributed by atoms with Gasteiger partial charge < -0.3 is 35.1 Å². The van der Waals surface area contributed by atoms with E-state index in [-0.39, 0.29) is 17.1 Å². The summed E-state index contributed by atoms with van der Waals surface area (Å²) >= 11 is 10.8. The largest absolute Gasteiger partial charge is 2.00 e. The van der Waals surface area contributed by atoms with Gasteiger partial charge in [-0.2, -0.15) is 15.3 Å². The van der Waals surface area contributed by atoms with Gasteiger partial charge in [-0.3, -0.25) is 0 Å². The summed E-state index contributed by atoms with van der Waals surface area (Å²) in [6, 6.07) is 8.21. The molecule has 0 aliphatic heterocycles. The fourth-order valence-electron chi connectivity index (χ4n) is 2.61. The van der Waals surface area contributed by atoms with Crippen LogP contribution in [0.25, 0.3) is 0 Å². The first-order valence-electron chi connectivity index (χ1n) is 10.1. The van der Waals surface area contributed by atoms with Gasteiger partial charge in [0.15, 0.2) is 0 Å². The average Bonchev–Trinajstić information content (AvgIpc) is 2.74. The van der Waals surface area contributed by atoms with E-state index in [1.165, 1.54) is 5.56 Å². The van der Waals surface area contributed by atoms with E-state index < -0.39 is 0 Å². The van der Waals surface area contributed by atoms with Crippen molar-refractivity contribution in [3.05, 3.63) is 35.4 Å². The molecule has 0 bridgehead atoms. The molecular weight excluding hydrogens is 464 g/mol. The average molecular weight is 496 g/mol. The van der Waals surface area contributed by atoms with Crippen molar-refractivity contribution >= 4 is 47.0 Å². The van der Waals surface area contributed by atoms with Gasteiger partial charge in [-0.25, -0.2) is 0 Å². The summed E-state index contributed by atoms with van der Waals surface area (Å²) in [6.07, 6.45) is 0.976. The van der Waals surface area contributed by atoms with Crippen LogP contribution >= 0.6 is 0 Å². The molecular formula is C21H32CuN6S2. The molecule has 0 aliphatic carbocycles. The normalized spacial score (nSPS) is 13.1. The Morgan fingerprint density at radius 3 is 1.57 bits per heavy atom. The Labute approximate surface area is 203 Å². The van der Waals surface area contributed by atoms with Crippen molar-refractivity contribution in [2.24, 2.45) is 20.4 Å². The van der Waals surface area contributed by atoms with Gasteiger partial charge in [-0.15, -0.1) is 5.10 Å². The molecule has 0 atom stereocenters. The summed E-state index contributed by atoms with van der Waals surface area (Å²) in [7, 11) is 0. The first-order chi connectivity index (χ1) is 13.9. The SMILES string of the molecule is CCc1ccc(C(=N\N=C(/[S-])N(CC)CC)/C(C)=N/N=C(\[S-])N(CC)CC)cc1.[Cu+2]. The molecule has 1 aromatic rings. The van der Waals surface area contributed by atoms with Gasteiger partial charge in [0, 0.05) is 42.1 Å². The molecule has 0 fully saturated rings. The Hall–Kier alpha value is -1.54. The van der Waals surface area contributed by atoms with Crippen molar-refractivity contribution in [2.45, 2.75) is 48.0 Å². The fraction of sp³-hybridized carbons (Fsp3) is 0.524. The number of hydrogen-bond acceptors (Lipinski definition) is 6. The molecule has 9 heteroatoms. The van der Waals surface area contributed by atoms with Crippen molar-refractivity contribution in [1.29, 1.82) is 0 Å². The molecule has 169 valence electrons. The number of hydrogen-bond donors (Lipinski definition) is 0. The maximum atomic E-state index is 5.40. The van der Waals surface area contributed by atoms with Gasteiger partial charge in [0.2, 0.25) is 0 Å². The Bertz CT molecular complexity index is 751. The Balaban J connectivity index is 0.00000841. The molecule has 0 unspecified atom stereocenters. The molecule has 1 radical (unpaired) electrons. The monoisotopic (exact) mass is 495 g/mol. The molecule has 0 saturated carbocycles. The van der Waals surface area contributed by atoms with E-state index in [0.29, 0.717) is 21.8 Å². The minimum atomic E-state index is 0. The molecule has 0 saturated heterocycles. The molecule has 0 spiro atoms. The van der Waals surface area contributed by atoms with Crippen LogP contribution in [0.4, 0.5) is 0 Å². The minimum Gasteiger partial charge on any atom is -0.741 e. The molecule has 0 aliphatic rings. The van der Waals surface area contributed by atoms with Gasteiger partial charge in [-0.1, -0.05) is 31.2 Å². The summed E-state index contributed by atoms with van der Waals surface area (Å²) in [5, 5.41) is 18.2. The molecule has 0 amide bonds. The van der Waals surface area contributed by atoms with Gasteiger partial charge >= 0.3 is 17.1 Å². The van der Waals surface area contributed by atoms with Crippen molar-refractivity contribution in [3.63, 3.8) is 0 Å². The zero-order chi connectivity index (χ0) is 21.8. The van der Waals surface area contributed by atoms with Gasteiger partial charge in [0.1, 0.15) is 5.71 Å². The Morgan fingerprint density at radius 2 is 1.17 bits per heavy atom. The van der Waals surface area contributed by atoms with Crippen molar-refractivity contribution in [3.8, 4) is 0 Å². The van der Waals surface area contributed by atoms with Crippen LogP contribution in [0.3, 0.4) is 0 Å². The second-order valence-corrected chi connectivity index (χ2v) is 7.02. The summed E-state index contributed by atoms with van der Waals surface area (Å²) in [6.45, 7) is 15.3. The molecule has 0 aromatic heterocycles. The Morgan fingerprint density at radius 1 is 0.733 bits per heavy atom. The van der Waals surface area contributed by atoms with Crippen LogP contribution in [0, 0.1) is 0 Å². The second-order valence-electron chi connectivity index (χ2n) is 6.29. The van der Waals surface area contributed by atoms with Crippen LogP contribution < -0.4 is 0 Å². The third kappa shape index (κ3) is 8.68. The number of amidine groups is 2. The van der Waals surface area contributed by atoms with Crippen LogP contribution in [-0.2, 0) is 48.7 Å². The number of rotatable bonds is 9. The maximum Gasteiger partial charge on any atom is 2.00 e. The number of benzene rings is 1. The van der Waals surface area contributed by atoms with E-state index in [0.717, 1.165) is 38.2 Å². The van der Waals surface area contributed by atoms with Crippen molar-refractivity contribution in [2.75, 3.05) is 26.2 Å². The van der Waals surface area contributed by atoms with Crippen LogP contribution in [0.2, 0.25) is 0 Å². The first-order valence-corrected chi connectivity index (χ1v) is 10.9. The summed E-state index contributed by atoms with van der Waals surface area (Å²) in [4.78, 5) is 3.95. The minimum absolute atomic E-state index is 0. The van der Waals surface area contributed by atoms with E-state index in [1.54, 1.807) is 0 Å². The first kappa shape index (κ1) is 28.5. The van der Waals surface area contributed by atoms with E-state index in [2.05, 4.69) is 39.5 Å². The van der Waals surface area contributed by atoms with Crippen molar-refractivity contribution < 1.29 is 17.1 Å². The van der Waals surface area contributed by atoms with Gasteiger partial charge in [-0.05, 0) is 46.6 Å². The number of aryl methyl sites for hydroxylation is 1. The fourth-order valence-corrected chi connectivity index (χ4v) is 3.21. The summed E-state index contributed by atoms with van der Waals surface area (Å²) < 4.78 is 0. The van der Waals surface area contributed by atoms with Gasteiger partial charge in [0.05, 0.1) is 5.71 Å². The predicted molar refractivity (Wildman–Crippen MR) is 131 cm³/mol. The van der Waals surface area contributed by atoms with Crippen LogP contribution in [-0.4, -0.2) is 57.7 Å². The molecule has 6 nitrogen and oxygen atoms in total. The standard InChI is InChI=1S/C21H34N6S2.Cu/c1-7-17-12-14-18(15-13-17)19(23-25-21(29)27(10-4)11-5)16(6)22-24-20(28)26(8-2)9-3;/h12-15H,7-11H2,1-6H3,(H,24,28)(H,25,29);/q;+2/p-2/b22-16+,23-19-;. The number of nitrogens with zero attached hydrogens (tertiary/aromatic N) is 6. The van der Waals surface area contributed by atoms with Crippen molar-refractivity contribution in [1.82, 2.24) is 9.80 Å². The Kier molecular flexibility index (Phi) is 14.5. The quantitative estimate of drug-likeness (QED) is 0.172. The molecule has 0 heterocycles. The summed E-state index contributed by atoms with van der Waals surface area (Å²) in [5.41, 5.74) is 3.44. The van der Waals surface area contributed by atoms with Crippen LogP contribution in [0.5, 0.6) is 0 Å². The zero-order valence-electron chi connectivity index (χ0n) is 18.6. The van der Waals surface area contributed by atoms with E-state index in [4.69, 9.17) is 25.3 Å². The topological polar surface area (TPSA) is 55.9 Å². The van der Waals surface area contributed by atoms with E-state index >= 15 is 0 Å². The van der Waals surface area contributed by atoms with Gasteiger partial charge in [0.25, 0.3) is 0 Å². The third-order valence-corrected chi connectivity index (χ3v) is 5.25. The predicted octanol–water partition coefficient (Wildman–Crippen LogP) is 3.82. The smallest absolute Gasteiger partial charge is 0.741 e.